The summed E-state index contributed by atoms with van der Waals surface area (Å²) in [6, 6.07) is 1.61. The number of rotatable bonds is 4. The van der Waals surface area contributed by atoms with E-state index < -0.39 is 10.0 Å². The monoisotopic (exact) mass is 331 g/mol. The van der Waals surface area contributed by atoms with Gasteiger partial charge in [0.15, 0.2) is 0 Å². The number of nitrogens with one attached hydrogen (secondary N) is 1. The van der Waals surface area contributed by atoms with E-state index in [1.807, 2.05) is 13.8 Å². The average Bonchev–Trinajstić information content (AvgIpc) is 2.78. The molecule has 0 aliphatic heterocycles. The number of sulfonamides is 1. The van der Waals surface area contributed by atoms with Crippen LogP contribution in [0.2, 0.25) is 0 Å². The van der Waals surface area contributed by atoms with E-state index in [9.17, 15) is 13.2 Å². The summed E-state index contributed by atoms with van der Waals surface area (Å²) < 4.78 is 32.3. The second kappa shape index (κ2) is 6.46. The van der Waals surface area contributed by atoms with Crippen molar-refractivity contribution < 1.29 is 17.9 Å². The van der Waals surface area contributed by atoms with E-state index in [1.54, 1.807) is 6.07 Å². The first-order valence-electron chi connectivity index (χ1n) is 7.00. The molecule has 1 aliphatic carbocycles. The number of aryl methyl sites for hydroxylation is 2. The van der Waals surface area contributed by atoms with E-state index in [0.29, 0.717) is 30.6 Å². The second-order valence-corrected chi connectivity index (χ2v) is 8.61. The highest BCUT2D eigenvalue weighted by Gasteiger charge is 2.30. The third kappa shape index (κ3) is 3.84. The summed E-state index contributed by atoms with van der Waals surface area (Å²) >= 11 is 1.49. The number of hydrogen-bond donors (Lipinski definition) is 1. The number of ether oxygens (including phenoxy) is 1. The molecule has 1 aliphatic rings. The number of hydrogen-bond acceptors (Lipinski definition) is 5. The van der Waals surface area contributed by atoms with Gasteiger partial charge in [0, 0.05) is 15.8 Å². The molecule has 2 rings (SSSR count). The van der Waals surface area contributed by atoms with Gasteiger partial charge in [-0.15, -0.1) is 11.3 Å². The Bertz CT molecular complexity index is 613. The van der Waals surface area contributed by atoms with Crippen LogP contribution < -0.4 is 4.72 Å². The fourth-order valence-electron chi connectivity index (χ4n) is 2.77. The predicted octanol–water partition coefficient (Wildman–Crippen LogP) is 2.38. The van der Waals surface area contributed by atoms with Crippen LogP contribution in [-0.2, 0) is 19.6 Å². The van der Waals surface area contributed by atoms with Gasteiger partial charge in [0.25, 0.3) is 0 Å². The number of methoxy groups -OCH3 is 1. The van der Waals surface area contributed by atoms with Crippen molar-refractivity contribution in [3.05, 3.63) is 15.8 Å². The van der Waals surface area contributed by atoms with E-state index in [1.165, 1.54) is 18.4 Å². The molecule has 0 radical (unpaired) electrons. The molecule has 1 fully saturated rings. The largest absolute Gasteiger partial charge is 0.469 e. The van der Waals surface area contributed by atoms with Crippen LogP contribution in [-0.4, -0.2) is 27.5 Å². The van der Waals surface area contributed by atoms with Crippen LogP contribution in [0.5, 0.6) is 0 Å². The van der Waals surface area contributed by atoms with Crippen molar-refractivity contribution in [1.82, 2.24) is 4.72 Å². The predicted molar refractivity (Wildman–Crippen MR) is 81.9 cm³/mol. The fourth-order valence-corrected chi connectivity index (χ4v) is 5.63. The van der Waals surface area contributed by atoms with Gasteiger partial charge in [-0.1, -0.05) is 0 Å². The summed E-state index contributed by atoms with van der Waals surface area (Å²) in [5, 5.41) is 0. The fraction of sp³-hybridized carbons (Fsp3) is 0.643. The molecule has 1 aromatic heterocycles. The van der Waals surface area contributed by atoms with Crippen molar-refractivity contribution in [3.63, 3.8) is 0 Å². The molecule has 21 heavy (non-hydrogen) atoms. The maximum atomic E-state index is 12.4. The van der Waals surface area contributed by atoms with Crippen molar-refractivity contribution in [3.8, 4) is 0 Å². The highest BCUT2D eigenvalue weighted by molar-refractivity contribution is 7.89. The molecule has 0 spiro atoms. The molecule has 0 unspecified atom stereocenters. The van der Waals surface area contributed by atoms with Crippen LogP contribution in [0.4, 0.5) is 0 Å². The Hall–Kier alpha value is -0.920. The Balaban J connectivity index is 2.00. The van der Waals surface area contributed by atoms with E-state index in [-0.39, 0.29) is 17.9 Å². The minimum absolute atomic E-state index is 0.0964. The Morgan fingerprint density at radius 1 is 1.29 bits per heavy atom. The van der Waals surface area contributed by atoms with Crippen molar-refractivity contribution in [2.24, 2.45) is 5.92 Å². The molecular formula is C14H21NO4S2. The standard InChI is InChI=1S/C14H21NO4S2/c1-9-8-13(10(2)20-9)21(17,18)15-12-6-4-11(5-7-12)14(16)19-3/h8,11-12,15H,4-7H2,1-3H3. The zero-order valence-electron chi connectivity index (χ0n) is 12.5. The molecule has 0 aromatic carbocycles. The van der Waals surface area contributed by atoms with E-state index in [2.05, 4.69) is 4.72 Å². The van der Waals surface area contributed by atoms with E-state index >= 15 is 0 Å². The maximum absolute atomic E-state index is 12.4. The van der Waals surface area contributed by atoms with Crippen molar-refractivity contribution in [1.29, 1.82) is 0 Å². The van der Waals surface area contributed by atoms with Crippen LogP contribution >= 0.6 is 11.3 Å². The summed E-state index contributed by atoms with van der Waals surface area (Å²) in [7, 11) is -2.08. The van der Waals surface area contributed by atoms with Crippen LogP contribution in [0.25, 0.3) is 0 Å². The molecule has 7 heteroatoms. The molecule has 5 nitrogen and oxygen atoms in total. The van der Waals surface area contributed by atoms with Crippen molar-refractivity contribution in [2.75, 3.05) is 7.11 Å². The lowest BCUT2D eigenvalue weighted by atomic mass is 9.86. The van der Waals surface area contributed by atoms with Gasteiger partial charge in [-0.2, -0.15) is 0 Å². The van der Waals surface area contributed by atoms with Crippen LogP contribution in [0.15, 0.2) is 11.0 Å². The minimum atomic E-state index is -3.47. The first kappa shape index (κ1) is 16.5. The van der Waals surface area contributed by atoms with Gasteiger partial charge in [-0.25, -0.2) is 13.1 Å². The van der Waals surface area contributed by atoms with Crippen LogP contribution in [0.3, 0.4) is 0 Å². The molecule has 1 N–H and O–H groups in total. The molecular weight excluding hydrogens is 310 g/mol. The van der Waals surface area contributed by atoms with Crippen LogP contribution in [0, 0.1) is 19.8 Å². The Kier molecular flexibility index (Phi) is 5.06. The first-order valence-corrected chi connectivity index (χ1v) is 9.30. The minimum Gasteiger partial charge on any atom is -0.469 e. The smallest absolute Gasteiger partial charge is 0.308 e. The topological polar surface area (TPSA) is 72.5 Å². The molecule has 0 bridgehead atoms. The Morgan fingerprint density at radius 2 is 1.90 bits per heavy atom. The van der Waals surface area contributed by atoms with Gasteiger partial charge in [-0.05, 0) is 45.6 Å². The van der Waals surface area contributed by atoms with Gasteiger partial charge in [0.1, 0.15) is 0 Å². The molecule has 1 heterocycles. The van der Waals surface area contributed by atoms with Crippen molar-refractivity contribution >= 4 is 27.3 Å². The number of esters is 1. The average molecular weight is 331 g/mol. The summed E-state index contributed by atoms with van der Waals surface area (Å²) in [4.78, 5) is 13.6. The normalized spacial score (nSPS) is 23.0. The summed E-state index contributed by atoms with van der Waals surface area (Å²) in [6.07, 6.45) is 2.67. The Morgan fingerprint density at radius 3 is 2.38 bits per heavy atom. The highest BCUT2D eigenvalue weighted by atomic mass is 32.2. The SMILES string of the molecule is COC(=O)C1CCC(NS(=O)(=O)c2cc(C)sc2C)CC1. The summed E-state index contributed by atoms with van der Waals surface area (Å²) in [5.41, 5.74) is 0. The number of carbonyl (C=O) groups is 1. The molecule has 0 amide bonds. The maximum Gasteiger partial charge on any atom is 0.308 e. The number of carbonyl (C=O) groups excluding carboxylic acids is 1. The van der Waals surface area contributed by atoms with Gasteiger partial charge in [0.05, 0.1) is 17.9 Å². The molecule has 118 valence electrons. The first-order chi connectivity index (χ1) is 9.83. The zero-order valence-corrected chi connectivity index (χ0v) is 14.1. The highest BCUT2D eigenvalue weighted by Crippen LogP contribution is 2.28. The van der Waals surface area contributed by atoms with Gasteiger partial charge in [-0.3, -0.25) is 4.79 Å². The number of thiophene rings is 1. The quantitative estimate of drug-likeness (QED) is 0.860. The lowest BCUT2D eigenvalue weighted by molar-refractivity contribution is -0.146. The van der Waals surface area contributed by atoms with Gasteiger partial charge in [0.2, 0.25) is 10.0 Å². The lowest BCUT2D eigenvalue weighted by Gasteiger charge is -2.27. The Labute approximate surface area is 129 Å². The molecule has 0 saturated heterocycles. The molecule has 1 saturated carbocycles. The van der Waals surface area contributed by atoms with Gasteiger partial charge < -0.3 is 4.74 Å². The van der Waals surface area contributed by atoms with E-state index in [4.69, 9.17) is 4.74 Å². The third-order valence-corrected chi connectivity index (χ3v) is 6.61. The van der Waals surface area contributed by atoms with Gasteiger partial charge >= 0.3 is 5.97 Å². The molecule has 0 atom stereocenters. The summed E-state index contributed by atoms with van der Waals surface area (Å²) in [6.45, 7) is 3.72. The van der Waals surface area contributed by atoms with Crippen molar-refractivity contribution in [2.45, 2.75) is 50.5 Å². The molecule has 1 aromatic rings. The third-order valence-electron chi connectivity index (χ3n) is 3.87. The van der Waals surface area contributed by atoms with Crippen LogP contribution in [0.1, 0.15) is 35.4 Å². The summed E-state index contributed by atoms with van der Waals surface area (Å²) in [5.74, 6) is -0.290. The van der Waals surface area contributed by atoms with E-state index in [0.717, 1.165) is 9.75 Å². The second-order valence-electron chi connectivity index (χ2n) is 5.47. The zero-order chi connectivity index (χ0) is 15.6. The lowest BCUT2D eigenvalue weighted by Crippen LogP contribution is -2.38.